The second-order valence-corrected chi connectivity index (χ2v) is 4.28. The Bertz CT molecular complexity index is 345. The van der Waals surface area contributed by atoms with Crippen molar-refractivity contribution in [3.05, 3.63) is 29.3 Å². The van der Waals surface area contributed by atoms with Gasteiger partial charge in [-0.3, -0.25) is 0 Å². The summed E-state index contributed by atoms with van der Waals surface area (Å²) >= 11 is 0. The van der Waals surface area contributed by atoms with E-state index in [2.05, 4.69) is 0 Å². The van der Waals surface area contributed by atoms with Crippen molar-refractivity contribution in [1.82, 2.24) is 0 Å². The molecule has 3 nitrogen and oxygen atoms in total. The molecule has 0 radical (unpaired) electrons. The molecule has 5 heteroatoms. The molecule has 0 saturated heterocycles. The number of benzene rings is 1. The van der Waals surface area contributed by atoms with Crippen molar-refractivity contribution in [2.24, 2.45) is 0 Å². The van der Waals surface area contributed by atoms with Crippen LogP contribution in [0, 0.1) is 13.8 Å². The van der Waals surface area contributed by atoms with E-state index in [4.69, 9.17) is 0 Å². The Kier molecular flexibility index (Phi) is 4.47. The van der Waals surface area contributed by atoms with E-state index in [0.717, 1.165) is 11.1 Å². The minimum atomic E-state index is -4.56. The number of aryl methyl sites for hydroxylation is 2. The van der Waals surface area contributed by atoms with E-state index in [1.807, 2.05) is 6.92 Å². The minimum absolute atomic E-state index is 0. The average molecular weight is 250 g/mol. The Morgan fingerprint density at radius 3 is 2.08 bits per heavy atom. The van der Waals surface area contributed by atoms with Crippen LogP contribution in [0.4, 0.5) is 0 Å². The molecular weight excluding hydrogens is 240 g/mol. The van der Waals surface area contributed by atoms with E-state index in [0.29, 0.717) is 0 Å². The van der Waals surface area contributed by atoms with Gasteiger partial charge in [0.2, 0.25) is 0 Å². The largest absolute Gasteiger partial charge is 2.00 e. The Balaban J connectivity index is 0.00000144. The van der Waals surface area contributed by atoms with Crippen LogP contribution in [0.15, 0.2) is 18.2 Å². The molecule has 0 unspecified atom stereocenters. The maximum atomic E-state index is 10.6. The molecule has 0 aliphatic carbocycles. The molecule has 0 amide bonds. The van der Waals surface area contributed by atoms with Crippen LogP contribution in [-0.4, -0.2) is 0 Å². The second-order valence-electron chi connectivity index (χ2n) is 2.77. The van der Waals surface area contributed by atoms with Gasteiger partial charge in [0.1, 0.15) is 0 Å². The van der Waals surface area contributed by atoms with E-state index in [9.17, 15) is 14.4 Å². The fourth-order valence-corrected chi connectivity index (χ4v) is 1.50. The van der Waals surface area contributed by atoms with E-state index in [1.54, 1.807) is 13.0 Å². The van der Waals surface area contributed by atoms with Crippen LogP contribution in [0.3, 0.4) is 0 Å². The quantitative estimate of drug-likeness (QED) is 0.513. The zero-order valence-electron chi connectivity index (χ0n) is 7.61. The summed E-state index contributed by atoms with van der Waals surface area (Å²) in [7, 11) is -4.56. The molecule has 66 valence electrons. The maximum Gasteiger partial charge on any atom is 2.00 e. The van der Waals surface area contributed by atoms with Gasteiger partial charge in [0.05, 0.1) is 0 Å². The summed E-state index contributed by atoms with van der Waals surface area (Å²) in [4.78, 5) is 21.1. The molecule has 0 aromatic heterocycles. The SMILES string of the molecule is Cc1ccc(P(=O)([O-])[O-])cc1C.[Zn+2]. The van der Waals surface area contributed by atoms with Gasteiger partial charge in [-0.25, -0.2) is 0 Å². The van der Waals surface area contributed by atoms with Crippen molar-refractivity contribution >= 4 is 12.9 Å². The van der Waals surface area contributed by atoms with Crippen molar-refractivity contribution < 1.29 is 33.8 Å². The first-order valence-corrected chi connectivity index (χ1v) is 5.05. The first-order chi connectivity index (χ1) is 5.41. The second kappa shape index (κ2) is 4.48. The first kappa shape index (κ1) is 13.0. The van der Waals surface area contributed by atoms with Gasteiger partial charge in [0, 0.05) is 0 Å². The molecule has 13 heavy (non-hydrogen) atoms. The summed E-state index contributed by atoms with van der Waals surface area (Å²) in [5.41, 5.74) is 1.80. The molecule has 1 aromatic rings. The Labute approximate surface area is 90.1 Å². The Hall–Kier alpha value is -0.00662. The van der Waals surface area contributed by atoms with Crippen molar-refractivity contribution in [2.45, 2.75) is 13.8 Å². The molecular formula is C8H9O3PZn. The summed E-state index contributed by atoms with van der Waals surface area (Å²) < 4.78 is 10.6. The normalized spacial score (nSPS) is 10.8. The molecule has 0 saturated carbocycles. The van der Waals surface area contributed by atoms with Gasteiger partial charge >= 0.3 is 19.5 Å². The van der Waals surface area contributed by atoms with Crippen molar-refractivity contribution in [3.63, 3.8) is 0 Å². The zero-order valence-corrected chi connectivity index (χ0v) is 11.5. The third-order valence-electron chi connectivity index (χ3n) is 1.81. The minimum Gasteiger partial charge on any atom is -0.807 e. The zero-order chi connectivity index (χ0) is 9.35. The standard InChI is InChI=1S/C8H11O3P.Zn/c1-6-3-4-8(5-7(6)2)12(9,10)11;/h3-5H,1-2H3,(H2,9,10,11);/q;+2/p-2. The average Bonchev–Trinajstić information content (AvgIpc) is 1.92. The van der Waals surface area contributed by atoms with Gasteiger partial charge in [0.25, 0.3) is 0 Å². The van der Waals surface area contributed by atoms with Crippen LogP contribution in [0.2, 0.25) is 0 Å². The van der Waals surface area contributed by atoms with Crippen LogP contribution in [0.25, 0.3) is 0 Å². The summed E-state index contributed by atoms with van der Waals surface area (Å²) in [5, 5.41) is -0.134. The van der Waals surface area contributed by atoms with Crippen LogP contribution in [0.5, 0.6) is 0 Å². The van der Waals surface area contributed by atoms with E-state index in [1.165, 1.54) is 12.1 Å². The van der Waals surface area contributed by atoms with Gasteiger partial charge in [-0.2, -0.15) is 0 Å². The molecule has 0 spiro atoms. The summed E-state index contributed by atoms with van der Waals surface area (Å²) in [6.45, 7) is 3.63. The fraction of sp³-hybridized carbons (Fsp3) is 0.250. The molecule has 0 aliphatic heterocycles. The summed E-state index contributed by atoms with van der Waals surface area (Å²) in [5.74, 6) is 0. The van der Waals surface area contributed by atoms with Crippen molar-refractivity contribution in [3.8, 4) is 0 Å². The molecule has 0 heterocycles. The fourth-order valence-electron chi connectivity index (χ4n) is 0.896. The molecule has 0 bridgehead atoms. The molecule has 0 aliphatic rings. The number of hydrogen-bond acceptors (Lipinski definition) is 3. The predicted molar refractivity (Wildman–Crippen MR) is 43.2 cm³/mol. The molecule has 0 fully saturated rings. The predicted octanol–water partition coefficient (Wildman–Crippen LogP) is -0.160. The third kappa shape index (κ3) is 3.32. The van der Waals surface area contributed by atoms with Gasteiger partial charge in [-0.05, 0) is 37.9 Å². The molecule has 1 aromatic carbocycles. The smallest absolute Gasteiger partial charge is 0.807 e. The number of hydrogen-bond donors (Lipinski definition) is 0. The van der Waals surface area contributed by atoms with Crippen LogP contribution >= 0.6 is 7.60 Å². The first-order valence-electron chi connectivity index (χ1n) is 3.51. The van der Waals surface area contributed by atoms with E-state index >= 15 is 0 Å². The van der Waals surface area contributed by atoms with Crippen LogP contribution in [-0.2, 0) is 24.0 Å². The summed E-state index contributed by atoms with van der Waals surface area (Å²) in [6.07, 6.45) is 0. The Morgan fingerprint density at radius 2 is 1.69 bits per heavy atom. The van der Waals surface area contributed by atoms with Crippen molar-refractivity contribution in [2.75, 3.05) is 0 Å². The van der Waals surface area contributed by atoms with Crippen molar-refractivity contribution in [1.29, 1.82) is 0 Å². The molecule has 1 rings (SSSR count). The Morgan fingerprint density at radius 1 is 1.15 bits per heavy atom. The summed E-state index contributed by atoms with van der Waals surface area (Å²) in [6, 6.07) is 4.37. The topological polar surface area (TPSA) is 63.2 Å². The van der Waals surface area contributed by atoms with Gasteiger partial charge in [0.15, 0.2) is 0 Å². The van der Waals surface area contributed by atoms with Gasteiger partial charge < -0.3 is 14.4 Å². The number of rotatable bonds is 1. The van der Waals surface area contributed by atoms with E-state index in [-0.39, 0.29) is 24.8 Å². The van der Waals surface area contributed by atoms with E-state index < -0.39 is 7.60 Å². The maximum absolute atomic E-state index is 10.6. The van der Waals surface area contributed by atoms with Gasteiger partial charge in [-0.1, -0.05) is 18.2 Å². The monoisotopic (exact) mass is 248 g/mol. The van der Waals surface area contributed by atoms with Gasteiger partial charge in [-0.15, -0.1) is 0 Å². The van der Waals surface area contributed by atoms with Crippen LogP contribution in [0.1, 0.15) is 11.1 Å². The third-order valence-corrected chi connectivity index (χ3v) is 2.72. The molecule has 0 N–H and O–H groups in total. The molecule has 0 atom stereocenters. The van der Waals surface area contributed by atoms with Crippen LogP contribution < -0.4 is 15.1 Å².